The quantitative estimate of drug-likeness (QED) is 0.832. The van der Waals surface area contributed by atoms with E-state index < -0.39 is 0 Å². The summed E-state index contributed by atoms with van der Waals surface area (Å²) in [6.07, 6.45) is 2.57. The Morgan fingerprint density at radius 2 is 2.24 bits per heavy atom. The molecule has 0 fully saturated rings. The minimum atomic E-state index is 0.446. The predicted molar refractivity (Wildman–Crippen MR) is 64.4 cm³/mol. The fraction of sp³-hybridized carbons (Fsp3) is 0.364. The zero-order chi connectivity index (χ0) is 12.3. The number of nitrogens with one attached hydrogen (secondary N) is 1. The van der Waals surface area contributed by atoms with Crippen molar-refractivity contribution in [3.63, 3.8) is 0 Å². The number of anilines is 2. The second kappa shape index (κ2) is 4.82. The van der Waals surface area contributed by atoms with Gasteiger partial charge in [-0.3, -0.25) is 0 Å². The van der Waals surface area contributed by atoms with Gasteiger partial charge in [0, 0.05) is 12.5 Å². The molecule has 0 saturated carbocycles. The van der Waals surface area contributed by atoms with Crippen molar-refractivity contribution in [2.45, 2.75) is 26.8 Å². The molecule has 17 heavy (non-hydrogen) atoms. The molecule has 0 atom stereocenters. The summed E-state index contributed by atoms with van der Waals surface area (Å²) >= 11 is 0. The van der Waals surface area contributed by atoms with Crippen LogP contribution in [0.25, 0.3) is 0 Å². The molecular weight excluding hydrogens is 218 g/mol. The molecule has 0 aliphatic heterocycles. The van der Waals surface area contributed by atoms with Crippen LogP contribution in [0.1, 0.15) is 24.4 Å². The molecular formula is C11H15N5O. The summed E-state index contributed by atoms with van der Waals surface area (Å²) in [7, 11) is 0. The smallest absolute Gasteiger partial charge is 0.213 e. The molecule has 0 spiro atoms. The molecule has 0 amide bonds. The average Bonchev–Trinajstić information content (AvgIpc) is 2.73. The van der Waals surface area contributed by atoms with E-state index in [0.29, 0.717) is 29.9 Å². The summed E-state index contributed by atoms with van der Waals surface area (Å²) in [5.74, 6) is 3.26. The van der Waals surface area contributed by atoms with Crippen molar-refractivity contribution in [2.75, 3.05) is 11.1 Å². The second-order valence-corrected chi connectivity index (χ2v) is 3.65. The highest BCUT2D eigenvalue weighted by molar-refractivity contribution is 5.44. The Labute approximate surface area is 99.3 Å². The summed E-state index contributed by atoms with van der Waals surface area (Å²) in [4.78, 5) is 12.3. The molecule has 2 rings (SSSR count). The first-order valence-corrected chi connectivity index (χ1v) is 5.46. The Bertz CT molecular complexity index is 488. The van der Waals surface area contributed by atoms with E-state index in [4.69, 9.17) is 10.2 Å². The number of aryl methyl sites for hydroxylation is 2. The molecule has 0 radical (unpaired) electrons. The van der Waals surface area contributed by atoms with E-state index in [2.05, 4.69) is 20.3 Å². The zero-order valence-electron chi connectivity index (χ0n) is 9.90. The molecule has 6 nitrogen and oxygen atoms in total. The van der Waals surface area contributed by atoms with E-state index in [-0.39, 0.29) is 0 Å². The van der Waals surface area contributed by atoms with Gasteiger partial charge in [0.15, 0.2) is 0 Å². The molecule has 2 aromatic heterocycles. The highest BCUT2D eigenvalue weighted by Gasteiger charge is 2.03. The van der Waals surface area contributed by atoms with E-state index in [0.717, 1.165) is 12.2 Å². The van der Waals surface area contributed by atoms with E-state index in [1.54, 1.807) is 19.2 Å². The Balaban J connectivity index is 2.01. The highest BCUT2D eigenvalue weighted by atomic mass is 16.4. The number of hydrogen-bond acceptors (Lipinski definition) is 6. The maximum atomic E-state index is 5.62. The third-order valence-electron chi connectivity index (χ3n) is 2.23. The molecule has 6 heteroatoms. The fourth-order valence-corrected chi connectivity index (χ4v) is 1.44. The van der Waals surface area contributed by atoms with E-state index in [9.17, 15) is 0 Å². The molecule has 3 N–H and O–H groups in total. The highest BCUT2D eigenvalue weighted by Crippen LogP contribution is 2.10. The van der Waals surface area contributed by atoms with Crippen LogP contribution in [0.15, 0.2) is 16.7 Å². The molecule has 0 aromatic carbocycles. The van der Waals surface area contributed by atoms with Gasteiger partial charge in [-0.1, -0.05) is 6.92 Å². The molecule has 0 aliphatic rings. The van der Waals surface area contributed by atoms with Crippen LogP contribution in [0, 0.1) is 6.92 Å². The average molecular weight is 233 g/mol. The number of aromatic nitrogens is 3. The van der Waals surface area contributed by atoms with E-state index in [1.165, 1.54) is 0 Å². The van der Waals surface area contributed by atoms with Crippen molar-refractivity contribution in [3.05, 3.63) is 29.7 Å². The van der Waals surface area contributed by atoms with Crippen molar-refractivity contribution in [2.24, 2.45) is 0 Å². The van der Waals surface area contributed by atoms with Crippen molar-refractivity contribution < 1.29 is 4.42 Å². The standard InChI is InChI=1S/C11H15N5O/c1-3-8-5-14-11(17-8)6-13-10-4-9(12)15-7(2)16-10/h4-5H,3,6H2,1-2H3,(H3,12,13,15,16). The Kier molecular flexibility index (Phi) is 3.22. The van der Waals surface area contributed by atoms with Gasteiger partial charge in [0.1, 0.15) is 23.2 Å². The first kappa shape index (κ1) is 11.4. The van der Waals surface area contributed by atoms with E-state index in [1.807, 2.05) is 6.92 Å². The predicted octanol–water partition coefficient (Wildman–Crippen LogP) is 1.53. The molecule has 0 aliphatic carbocycles. The summed E-state index contributed by atoms with van der Waals surface area (Å²) < 4.78 is 5.47. The number of oxazole rings is 1. The van der Waals surface area contributed by atoms with Crippen molar-refractivity contribution in [3.8, 4) is 0 Å². The van der Waals surface area contributed by atoms with Crippen LogP contribution >= 0.6 is 0 Å². The van der Waals surface area contributed by atoms with Crippen molar-refractivity contribution in [1.82, 2.24) is 15.0 Å². The molecule has 0 saturated heterocycles. The third-order valence-corrected chi connectivity index (χ3v) is 2.23. The summed E-state index contributed by atoms with van der Waals surface area (Å²) in [6, 6.07) is 1.68. The Hall–Kier alpha value is -2.11. The largest absolute Gasteiger partial charge is 0.444 e. The topological polar surface area (TPSA) is 89.9 Å². The summed E-state index contributed by atoms with van der Waals surface area (Å²) in [5.41, 5.74) is 5.62. The van der Waals surface area contributed by atoms with Gasteiger partial charge in [-0.05, 0) is 6.92 Å². The van der Waals surface area contributed by atoms with Crippen LogP contribution in [0.4, 0.5) is 11.6 Å². The van der Waals surface area contributed by atoms with Crippen LogP contribution < -0.4 is 11.1 Å². The molecule has 0 unspecified atom stereocenters. The minimum Gasteiger partial charge on any atom is -0.444 e. The van der Waals surface area contributed by atoms with Gasteiger partial charge in [0.05, 0.1) is 12.7 Å². The normalized spacial score (nSPS) is 10.5. The van der Waals surface area contributed by atoms with Gasteiger partial charge in [-0.25, -0.2) is 15.0 Å². The van der Waals surface area contributed by atoms with Crippen LogP contribution in [-0.4, -0.2) is 15.0 Å². The first-order valence-electron chi connectivity index (χ1n) is 5.46. The lowest BCUT2D eigenvalue weighted by Crippen LogP contribution is -2.05. The van der Waals surface area contributed by atoms with E-state index >= 15 is 0 Å². The fourth-order valence-electron chi connectivity index (χ4n) is 1.44. The first-order chi connectivity index (χ1) is 8.17. The number of nitrogen functional groups attached to an aromatic ring is 1. The van der Waals surface area contributed by atoms with Gasteiger partial charge in [-0.15, -0.1) is 0 Å². The molecule has 0 bridgehead atoms. The second-order valence-electron chi connectivity index (χ2n) is 3.65. The molecule has 2 aromatic rings. The lowest BCUT2D eigenvalue weighted by atomic mass is 10.4. The SMILES string of the molecule is CCc1cnc(CNc2cc(N)nc(C)n2)o1. The number of nitrogens with two attached hydrogens (primary N) is 1. The van der Waals surface area contributed by atoms with Crippen molar-refractivity contribution in [1.29, 1.82) is 0 Å². The monoisotopic (exact) mass is 233 g/mol. The minimum absolute atomic E-state index is 0.446. The van der Waals surface area contributed by atoms with Crippen LogP contribution in [-0.2, 0) is 13.0 Å². The van der Waals surface area contributed by atoms with Gasteiger partial charge in [-0.2, -0.15) is 0 Å². The van der Waals surface area contributed by atoms with Crippen LogP contribution in [0.2, 0.25) is 0 Å². The Morgan fingerprint density at radius 1 is 1.41 bits per heavy atom. The van der Waals surface area contributed by atoms with Gasteiger partial charge >= 0.3 is 0 Å². The number of nitrogens with zero attached hydrogens (tertiary/aromatic N) is 3. The van der Waals surface area contributed by atoms with Gasteiger partial charge in [0.2, 0.25) is 5.89 Å². The molecule has 90 valence electrons. The Morgan fingerprint density at radius 3 is 2.88 bits per heavy atom. The van der Waals surface area contributed by atoms with Crippen LogP contribution in [0.5, 0.6) is 0 Å². The lowest BCUT2D eigenvalue weighted by molar-refractivity contribution is 0.465. The maximum Gasteiger partial charge on any atom is 0.213 e. The summed E-state index contributed by atoms with van der Waals surface area (Å²) in [5, 5.41) is 3.09. The third kappa shape index (κ3) is 2.93. The zero-order valence-corrected chi connectivity index (χ0v) is 9.90. The van der Waals surface area contributed by atoms with Crippen LogP contribution in [0.3, 0.4) is 0 Å². The maximum absolute atomic E-state index is 5.62. The van der Waals surface area contributed by atoms with Gasteiger partial charge < -0.3 is 15.5 Å². The number of rotatable bonds is 4. The number of hydrogen-bond donors (Lipinski definition) is 2. The lowest BCUT2D eigenvalue weighted by Gasteiger charge is -2.04. The molecule has 2 heterocycles. The van der Waals surface area contributed by atoms with Gasteiger partial charge in [0.25, 0.3) is 0 Å². The summed E-state index contributed by atoms with van der Waals surface area (Å²) in [6.45, 7) is 4.30. The van der Waals surface area contributed by atoms with Crippen molar-refractivity contribution >= 4 is 11.6 Å².